The lowest BCUT2D eigenvalue weighted by atomic mass is 9.79. The summed E-state index contributed by atoms with van der Waals surface area (Å²) in [5.74, 6) is -0.118. The summed E-state index contributed by atoms with van der Waals surface area (Å²) in [5.41, 5.74) is 1.45. The lowest BCUT2D eigenvalue weighted by Gasteiger charge is -2.52. The van der Waals surface area contributed by atoms with Crippen molar-refractivity contribution in [2.75, 3.05) is 13.1 Å². The number of hydrogen-bond acceptors (Lipinski definition) is 4. The molecule has 0 bridgehead atoms. The van der Waals surface area contributed by atoms with Gasteiger partial charge >= 0.3 is 6.09 Å². The third-order valence-electron chi connectivity index (χ3n) is 9.08. The van der Waals surface area contributed by atoms with Crippen LogP contribution in [0.25, 0.3) is 10.9 Å². The molecule has 2 aliphatic rings. The van der Waals surface area contributed by atoms with Gasteiger partial charge in [-0.3, -0.25) is 14.5 Å². The number of pyridine rings is 1. The topological polar surface area (TPSA) is 106 Å². The second-order valence-electron chi connectivity index (χ2n) is 13.2. The highest BCUT2D eigenvalue weighted by Gasteiger charge is 2.56. The van der Waals surface area contributed by atoms with E-state index in [4.69, 9.17) is 0 Å². The molecule has 2 heterocycles. The zero-order valence-electron chi connectivity index (χ0n) is 25.3. The van der Waals surface area contributed by atoms with Crippen LogP contribution in [-0.4, -0.2) is 62.1 Å². The number of hydrogen-bond donors (Lipinski definition) is 3. The molecule has 1 aliphatic heterocycles. The molecule has 0 unspecified atom stereocenters. The molecule has 5 rings (SSSR count). The average Bonchev–Trinajstić information content (AvgIpc) is 3.34. The summed E-state index contributed by atoms with van der Waals surface area (Å²) in [4.78, 5) is 47.5. The number of rotatable bonds is 7. The number of amides is 2. The van der Waals surface area contributed by atoms with Crippen LogP contribution < -0.4 is 10.9 Å². The number of aromatic amines is 1. The van der Waals surface area contributed by atoms with Gasteiger partial charge in [0.1, 0.15) is 0 Å². The van der Waals surface area contributed by atoms with Crippen molar-refractivity contribution < 1.29 is 14.7 Å². The minimum absolute atomic E-state index is 0.0174. The number of fused-ring (bicyclic) bond motifs is 1. The third kappa shape index (κ3) is 5.95. The average molecular weight is 573 g/mol. The molecule has 2 atom stereocenters. The highest BCUT2D eigenvalue weighted by molar-refractivity contribution is 5.81. The predicted molar refractivity (Wildman–Crippen MR) is 166 cm³/mol. The van der Waals surface area contributed by atoms with E-state index >= 15 is 0 Å². The van der Waals surface area contributed by atoms with Gasteiger partial charge in [-0.2, -0.15) is 0 Å². The van der Waals surface area contributed by atoms with E-state index in [9.17, 15) is 19.5 Å². The molecule has 2 amide bonds. The van der Waals surface area contributed by atoms with Crippen LogP contribution in [0.15, 0.2) is 59.4 Å². The molecule has 0 radical (unpaired) electrons. The Morgan fingerprint density at radius 1 is 1.02 bits per heavy atom. The second kappa shape index (κ2) is 11.9. The summed E-state index contributed by atoms with van der Waals surface area (Å²) in [6.45, 7) is 8.70. The Labute approximate surface area is 248 Å². The summed E-state index contributed by atoms with van der Waals surface area (Å²) < 4.78 is 0. The van der Waals surface area contributed by atoms with Gasteiger partial charge in [-0.1, -0.05) is 61.2 Å². The van der Waals surface area contributed by atoms with E-state index in [1.165, 1.54) is 0 Å². The maximum Gasteiger partial charge on any atom is 0.408 e. The molecule has 8 nitrogen and oxygen atoms in total. The molecule has 8 heteroatoms. The van der Waals surface area contributed by atoms with Gasteiger partial charge in [0.25, 0.3) is 5.56 Å². The number of aryl methyl sites for hydroxylation is 1. The predicted octanol–water partition coefficient (Wildman–Crippen LogP) is 5.48. The van der Waals surface area contributed by atoms with Gasteiger partial charge in [0.2, 0.25) is 5.91 Å². The normalized spacial score (nSPS) is 21.4. The van der Waals surface area contributed by atoms with Crippen molar-refractivity contribution in [1.29, 1.82) is 0 Å². The molecule has 0 spiro atoms. The number of benzene rings is 2. The number of nitrogens with one attached hydrogen (secondary N) is 2. The minimum Gasteiger partial charge on any atom is -0.465 e. The van der Waals surface area contributed by atoms with E-state index in [1.807, 2.05) is 87.2 Å². The number of H-pyrrole nitrogens is 1. The first-order chi connectivity index (χ1) is 20.0. The van der Waals surface area contributed by atoms with E-state index < -0.39 is 23.2 Å². The summed E-state index contributed by atoms with van der Waals surface area (Å²) in [5, 5.41) is 15.1. The van der Waals surface area contributed by atoms with Crippen molar-refractivity contribution in [3.05, 3.63) is 81.6 Å². The molecule has 1 aliphatic carbocycles. The Hall–Kier alpha value is -3.65. The minimum atomic E-state index is -1.02. The van der Waals surface area contributed by atoms with E-state index in [0.717, 1.165) is 54.1 Å². The van der Waals surface area contributed by atoms with Crippen LogP contribution in [0.5, 0.6) is 0 Å². The molecule has 224 valence electrons. The molecule has 3 N–H and O–H groups in total. The quantitative estimate of drug-likeness (QED) is 0.348. The molecule has 1 saturated heterocycles. The van der Waals surface area contributed by atoms with Gasteiger partial charge in [-0.25, -0.2) is 4.79 Å². The molecular weight excluding hydrogens is 528 g/mol. The summed E-state index contributed by atoms with van der Waals surface area (Å²) in [6.07, 6.45) is 4.18. The standard InChI is InChI=1S/C34H44N4O4/c1-23-15-16-28-26(17-23)18-27(30(39)36-28)21-37(31(40)25-13-9-6-10-14-25)29-20-35-22-34(29,19-24-11-7-5-8-12-24)38(32(41)42)33(2,3)4/h5,7-8,11-12,15-18,25,29,35H,6,9-10,13-14,19-22H2,1-4H3,(H,36,39)(H,41,42)/t29-,34-/m1/s1. The molecular formula is C34H44N4O4. The van der Waals surface area contributed by atoms with Gasteiger partial charge < -0.3 is 20.3 Å². The molecule has 3 aromatic rings. The van der Waals surface area contributed by atoms with Gasteiger partial charge in [0.15, 0.2) is 0 Å². The first kappa shape index (κ1) is 29.8. The first-order valence-electron chi connectivity index (χ1n) is 15.2. The lowest BCUT2D eigenvalue weighted by Crippen LogP contribution is -2.69. The van der Waals surface area contributed by atoms with Crippen molar-refractivity contribution in [2.45, 2.75) is 89.9 Å². The number of carboxylic acid groups (broad SMARTS) is 1. The van der Waals surface area contributed by atoms with Crippen LogP contribution in [-0.2, 0) is 17.8 Å². The van der Waals surface area contributed by atoms with Crippen molar-refractivity contribution in [3.63, 3.8) is 0 Å². The summed E-state index contributed by atoms with van der Waals surface area (Å²) >= 11 is 0. The Balaban J connectivity index is 1.65. The fourth-order valence-corrected chi connectivity index (χ4v) is 7.31. The maximum atomic E-state index is 14.5. The molecule has 1 saturated carbocycles. The number of carbonyl (C=O) groups is 2. The molecule has 2 fully saturated rings. The van der Waals surface area contributed by atoms with Crippen molar-refractivity contribution in [3.8, 4) is 0 Å². The van der Waals surface area contributed by atoms with Gasteiger partial charge in [-0.05, 0) is 76.1 Å². The zero-order chi connectivity index (χ0) is 30.1. The highest BCUT2D eigenvalue weighted by atomic mass is 16.4. The summed E-state index contributed by atoms with van der Waals surface area (Å²) in [6, 6.07) is 17.2. The van der Waals surface area contributed by atoms with Crippen LogP contribution in [0.4, 0.5) is 4.79 Å². The molecule has 1 aromatic heterocycles. The summed E-state index contributed by atoms with van der Waals surface area (Å²) in [7, 11) is 0. The SMILES string of the molecule is Cc1ccc2[nH]c(=O)c(CN(C(=O)C3CCCCC3)[C@@H]3CNC[C@@]3(Cc3ccccc3)N(C(=O)O)C(C)(C)C)cc2c1. The van der Waals surface area contributed by atoms with Crippen LogP contribution in [0.1, 0.15) is 69.6 Å². The van der Waals surface area contributed by atoms with Gasteiger partial charge in [0.05, 0.1) is 18.1 Å². The van der Waals surface area contributed by atoms with E-state index in [2.05, 4.69) is 10.3 Å². The molecule has 42 heavy (non-hydrogen) atoms. The maximum absolute atomic E-state index is 14.5. The number of carbonyl (C=O) groups excluding carboxylic acids is 1. The Bertz CT molecular complexity index is 1490. The fourth-order valence-electron chi connectivity index (χ4n) is 7.31. The Kier molecular flexibility index (Phi) is 8.46. The van der Waals surface area contributed by atoms with Crippen LogP contribution >= 0.6 is 0 Å². The van der Waals surface area contributed by atoms with E-state index in [0.29, 0.717) is 25.1 Å². The number of aromatic nitrogens is 1. The monoisotopic (exact) mass is 572 g/mol. The van der Waals surface area contributed by atoms with Crippen molar-refractivity contribution in [1.82, 2.24) is 20.1 Å². The van der Waals surface area contributed by atoms with Crippen LogP contribution in [0, 0.1) is 12.8 Å². The Morgan fingerprint density at radius 3 is 2.40 bits per heavy atom. The first-order valence-corrected chi connectivity index (χ1v) is 15.2. The third-order valence-corrected chi connectivity index (χ3v) is 9.08. The zero-order valence-corrected chi connectivity index (χ0v) is 25.3. The van der Waals surface area contributed by atoms with Crippen LogP contribution in [0.3, 0.4) is 0 Å². The second-order valence-corrected chi connectivity index (χ2v) is 13.2. The van der Waals surface area contributed by atoms with E-state index in [1.54, 1.807) is 4.90 Å². The van der Waals surface area contributed by atoms with Crippen molar-refractivity contribution in [2.24, 2.45) is 5.92 Å². The Morgan fingerprint density at radius 2 is 1.74 bits per heavy atom. The van der Waals surface area contributed by atoms with Crippen molar-refractivity contribution >= 4 is 22.9 Å². The fraction of sp³-hybridized carbons (Fsp3) is 0.500. The van der Waals surface area contributed by atoms with Crippen LogP contribution in [0.2, 0.25) is 0 Å². The van der Waals surface area contributed by atoms with Gasteiger partial charge in [0, 0.05) is 35.6 Å². The van der Waals surface area contributed by atoms with E-state index in [-0.39, 0.29) is 23.9 Å². The largest absolute Gasteiger partial charge is 0.465 e. The highest BCUT2D eigenvalue weighted by Crippen LogP contribution is 2.39. The molecule has 2 aromatic carbocycles. The van der Waals surface area contributed by atoms with Gasteiger partial charge in [-0.15, -0.1) is 0 Å². The number of nitrogens with zero attached hydrogens (tertiary/aromatic N) is 2. The lowest BCUT2D eigenvalue weighted by molar-refractivity contribution is -0.143. The smallest absolute Gasteiger partial charge is 0.408 e.